The maximum absolute atomic E-state index is 12.6. The van der Waals surface area contributed by atoms with Crippen LogP contribution in [0, 0.1) is 13.8 Å². The summed E-state index contributed by atoms with van der Waals surface area (Å²) in [7, 11) is -9.94. The number of ether oxygens (including phenoxy) is 1. The minimum atomic E-state index is -3.31. The molecule has 0 aliphatic rings. The zero-order chi connectivity index (χ0) is 80.0. The van der Waals surface area contributed by atoms with Crippen LogP contribution in [0.25, 0.3) is 45.0 Å². The van der Waals surface area contributed by atoms with E-state index in [1.54, 1.807) is 95.7 Å². The monoisotopic (exact) mass is 1560 g/mol. The van der Waals surface area contributed by atoms with Gasteiger partial charge in [-0.2, -0.15) is 0 Å². The fraction of sp³-hybridized carbons (Fsp3) is 0.137. The topological polar surface area (TPSA) is 513 Å². The van der Waals surface area contributed by atoms with Gasteiger partial charge in [0.05, 0.1) is 74.3 Å². The van der Waals surface area contributed by atoms with Crippen LogP contribution in [0.15, 0.2) is 209 Å². The highest BCUT2D eigenvalue weighted by Gasteiger charge is 2.22. The average molecular weight is 1570 g/mol. The van der Waals surface area contributed by atoms with E-state index in [4.69, 9.17) is 27.7 Å². The molecule has 0 bridgehead atoms. The van der Waals surface area contributed by atoms with Gasteiger partial charge in [-0.25, -0.2) is 83.5 Å². The number of nitrogen functional groups attached to an aromatic ring is 4. The number of aromatic nitrogens is 12. The van der Waals surface area contributed by atoms with E-state index in [0.29, 0.717) is 68.0 Å². The molecule has 12 N–H and O–H groups in total. The highest BCUT2D eigenvalue weighted by molar-refractivity contribution is 7.91. The molecule has 566 valence electrons. The largest absolute Gasteiger partial charge is 0.480 e. The minimum Gasteiger partial charge on any atom is -0.480 e. The van der Waals surface area contributed by atoms with Crippen molar-refractivity contribution in [3.05, 3.63) is 229 Å². The first-order valence-corrected chi connectivity index (χ1v) is 40.0. The van der Waals surface area contributed by atoms with Gasteiger partial charge in [0, 0.05) is 90.0 Å². The van der Waals surface area contributed by atoms with Crippen LogP contribution in [0.1, 0.15) is 65.8 Å². The molecule has 33 nitrogen and oxygen atoms in total. The lowest BCUT2D eigenvalue weighted by molar-refractivity contribution is 0.101. The van der Waals surface area contributed by atoms with Crippen LogP contribution >= 0.6 is 0 Å². The van der Waals surface area contributed by atoms with E-state index in [0.717, 1.165) is 48.4 Å². The summed E-state index contributed by atoms with van der Waals surface area (Å²) >= 11 is 0. The number of nitrogens with one attached hydrogen (secondary N) is 4. The van der Waals surface area contributed by atoms with Gasteiger partial charge in [-0.15, -0.1) is 0 Å². The molecular formula is C73H72N20O13S4. The average Bonchev–Trinajstić information content (AvgIpc) is 0.830. The first-order chi connectivity index (χ1) is 51.9. The Balaban J connectivity index is 0.000000169. The molecule has 0 atom stereocenters. The predicted molar refractivity (Wildman–Crippen MR) is 415 cm³/mol. The van der Waals surface area contributed by atoms with Crippen molar-refractivity contribution in [2.24, 2.45) is 7.05 Å². The number of anilines is 8. The van der Waals surface area contributed by atoms with Crippen LogP contribution in [0.5, 0.6) is 5.88 Å². The van der Waals surface area contributed by atoms with Crippen molar-refractivity contribution in [2.45, 2.75) is 46.8 Å². The van der Waals surface area contributed by atoms with Gasteiger partial charge in [0.15, 0.2) is 85.4 Å². The van der Waals surface area contributed by atoms with E-state index in [-0.39, 0.29) is 71.5 Å². The molecule has 0 aliphatic carbocycles. The Morgan fingerprint density at radius 2 is 0.800 bits per heavy atom. The van der Waals surface area contributed by atoms with Crippen LogP contribution in [-0.2, 0) is 52.8 Å². The molecule has 0 fully saturated rings. The normalized spacial score (nSPS) is 11.2. The molecule has 8 aromatic heterocycles. The zero-order valence-corrected chi connectivity index (χ0v) is 63.5. The van der Waals surface area contributed by atoms with Crippen molar-refractivity contribution < 1.29 is 57.6 Å². The third kappa shape index (κ3) is 21.2. The Bertz CT molecular complexity index is 5940. The summed E-state index contributed by atoms with van der Waals surface area (Å²) in [5.74, 6) is -0.880. The van der Waals surface area contributed by atoms with Gasteiger partial charge in [-0.1, -0.05) is 61.5 Å². The molecule has 0 saturated carbocycles. The predicted octanol–water partition coefficient (Wildman–Crippen LogP) is 8.24. The molecular weight excluding hydrogens is 1490 g/mol. The van der Waals surface area contributed by atoms with E-state index < -0.39 is 63.0 Å². The third-order valence-electron chi connectivity index (χ3n) is 15.5. The lowest BCUT2D eigenvalue weighted by atomic mass is 10.1. The molecule has 12 aromatic rings. The standard InChI is InChI=1S/C19H19N5O3S.C18H17N5O4S.C18H19N5O3S.C18H17N5O3S/c1-3-13-5-4-6-16(22-13)24-19(25)17-18(20)21-11-15(23-17)12-7-9-14(10-8-12)28(2,26)27;1-27-18-13(4-3-9-20-18)23-17(24)15-16(19)21-10-14(22-15)11-5-7-12(8-6-11)28(2,25)26;1-11-8-15(23(2)10-11)22-18(24)16-17(19)20-9-14(21-16)12-4-6-13(7-5-12)27(3,25)26;1-11-9-13(7-8-20-11)22-18(24)16-17(19)21-10-15(23-16)12-3-5-14(6-4-12)27(2,25)26/h4-11H,3H2,1-2H3,(H2,20,21)(H,22,24,25);3-10H,1-2H3,(H2,19,21)(H,23,24);4-10H,1-3H3,(H2,19,20)(H,22,24);3-10H,1-2H3,(H2,19,21)(H,20,22,24). The third-order valence-corrected chi connectivity index (χ3v) is 20.1. The fourth-order valence-electron chi connectivity index (χ4n) is 9.90. The Hall–Kier alpha value is -13.4. The van der Waals surface area contributed by atoms with Gasteiger partial charge in [0.2, 0.25) is 5.88 Å². The number of hydrogen-bond acceptors (Lipinski definition) is 28. The zero-order valence-electron chi connectivity index (χ0n) is 60.2. The molecule has 0 spiro atoms. The second kappa shape index (κ2) is 34.5. The maximum Gasteiger partial charge on any atom is 0.279 e. The van der Waals surface area contributed by atoms with Crippen molar-refractivity contribution in [2.75, 3.05) is 76.3 Å². The van der Waals surface area contributed by atoms with Gasteiger partial charge >= 0.3 is 0 Å². The number of benzene rings is 4. The highest BCUT2D eigenvalue weighted by Crippen LogP contribution is 2.28. The van der Waals surface area contributed by atoms with E-state index in [1.807, 2.05) is 46.1 Å². The molecule has 110 heavy (non-hydrogen) atoms. The summed E-state index contributed by atoms with van der Waals surface area (Å²) in [6, 6.07) is 38.4. The van der Waals surface area contributed by atoms with Crippen LogP contribution < -0.4 is 48.9 Å². The molecule has 0 unspecified atom stereocenters. The summed E-state index contributed by atoms with van der Waals surface area (Å²) in [6.07, 6.45) is 16.0. The summed E-state index contributed by atoms with van der Waals surface area (Å²) < 4.78 is 99.5. The van der Waals surface area contributed by atoms with Crippen LogP contribution in [0.2, 0.25) is 0 Å². The SMILES string of the molecule is CCc1cccc(NC(=O)c2nc(-c3ccc(S(C)(=O)=O)cc3)cnc2N)n1.COc1ncccc1NC(=O)c1nc(-c2ccc(S(C)(=O)=O)cc2)cnc1N.Cc1cc(NC(=O)c2nc(-c3ccc(S(C)(=O)=O)cc3)cnc2N)ccn1.Cc1cc(NC(=O)c2nc(-c3ccc(S(C)(=O)=O)cc3)cnc2N)n(C)c1. The molecule has 4 amide bonds. The summed E-state index contributed by atoms with van der Waals surface area (Å²) in [6.45, 7) is 5.70. The number of carbonyl (C=O) groups excluding carboxylic acids is 4. The van der Waals surface area contributed by atoms with Gasteiger partial charge in [0.25, 0.3) is 23.6 Å². The van der Waals surface area contributed by atoms with Crippen molar-refractivity contribution in [3.63, 3.8) is 0 Å². The molecule has 0 radical (unpaired) electrons. The molecule has 8 heterocycles. The maximum atomic E-state index is 12.6. The number of rotatable bonds is 18. The second-order valence-electron chi connectivity index (χ2n) is 24.1. The number of amides is 4. The van der Waals surface area contributed by atoms with Crippen molar-refractivity contribution in [3.8, 4) is 50.9 Å². The number of sulfone groups is 4. The molecule has 4 aromatic carbocycles. The summed E-state index contributed by atoms with van der Waals surface area (Å²) in [4.78, 5) is 96.8. The van der Waals surface area contributed by atoms with Crippen LogP contribution in [-0.4, -0.2) is 149 Å². The number of nitrogens with two attached hydrogens (primary N) is 4. The Morgan fingerprint density at radius 1 is 0.427 bits per heavy atom. The van der Waals surface area contributed by atoms with Gasteiger partial charge in [-0.3, -0.25) is 24.2 Å². The van der Waals surface area contributed by atoms with E-state index in [9.17, 15) is 52.8 Å². The molecule has 12 rings (SSSR count). The van der Waals surface area contributed by atoms with Gasteiger partial charge < -0.3 is 53.5 Å². The number of hydrogen-bond donors (Lipinski definition) is 8. The fourth-order valence-corrected chi connectivity index (χ4v) is 12.4. The number of pyridine rings is 3. The molecule has 37 heteroatoms. The van der Waals surface area contributed by atoms with Gasteiger partial charge in [0.1, 0.15) is 17.3 Å². The van der Waals surface area contributed by atoms with E-state index in [1.165, 1.54) is 86.6 Å². The Morgan fingerprint density at radius 3 is 1.15 bits per heavy atom. The first kappa shape index (κ1) is 80.7. The van der Waals surface area contributed by atoms with Crippen molar-refractivity contribution in [1.29, 1.82) is 0 Å². The lowest BCUT2D eigenvalue weighted by Crippen LogP contribution is -2.18. The highest BCUT2D eigenvalue weighted by atomic mass is 32.2. The summed E-state index contributed by atoms with van der Waals surface area (Å²) in [5.41, 5.74) is 30.7. The lowest BCUT2D eigenvalue weighted by Gasteiger charge is -2.10. The van der Waals surface area contributed by atoms with Crippen molar-refractivity contribution in [1.82, 2.24) is 59.4 Å². The molecule has 0 aliphatic heterocycles. The molecule has 0 saturated heterocycles. The number of nitrogens with zero attached hydrogens (tertiary/aromatic N) is 12. The van der Waals surface area contributed by atoms with E-state index in [2.05, 4.69) is 76.1 Å². The van der Waals surface area contributed by atoms with Gasteiger partial charge in [-0.05, 0) is 117 Å². The Labute approximate surface area is 632 Å². The number of aryl methyl sites for hydroxylation is 4. The Kier molecular flexibility index (Phi) is 25.3. The quantitative estimate of drug-likeness (QED) is 0.0401. The summed E-state index contributed by atoms with van der Waals surface area (Å²) in [5, 5.41) is 10.8. The van der Waals surface area contributed by atoms with Crippen LogP contribution in [0.3, 0.4) is 0 Å². The smallest absolute Gasteiger partial charge is 0.279 e. The number of methoxy groups -OCH3 is 1. The first-order valence-electron chi connectivity index (χ1n) is 32.4. The van der Waals surface area contributed by atoms with E-state index >= 15 is 0 Å². The van der Waals surface area contributed by atoms with Crippen molar-refractivity contribution >= 4 is 109 Å². The second-order valence-corrected chi connectivity index (χ2v) is 32.1. The number of carbonyl (C=O) groups is 4. The minimum absolute atomic E-state index is 0.00135. The van der Waals surface area contributed by atoms with Crippen LogP contribution in [0.4, 0.5) is 46.3 Å².